The van der Waals surface area contributed by atoms with E-state index in [9.17, 15) is 27.6 Å². The summed E-state index contributed by atoms with van der Waals surface area (Å²) < 4.78 is 40.4. The van der Waals surface area contributed by atoms with Gasteiger partial charge in [0.2, 0.25) is 5.91 Å². The summed E-state index contributed by atoms with van der Waals surface area (Å²) in [6.07, 6.45) is -3.96. The van der Waals surface area contributed by atoms with E-state index >= 15 is 0 Å². The normalized spacial score (nSPS) is 17.3. The number of nitrogens with one attached hydrogen (secondary N) is 1. The molecule has 1 saturated heterocycles. The number of likely N-dealkylation sites (N-methyl/N-ethyl adjacent to an activating group) is 1. The number of nitrogens with two attached hydrogens (primary N) is 1. The second-order valence-electron chi connectivity index (χ2n) is 7.82. The van der Waals surface area contributed by atoms with Gasteiger partial charge in [-0.3, -0.25) is 24.0 Å². The largest absolute Gasteiger partial charge is 0.393 e. The molecule has 0 spiro atoms. The zero-order valence-corrected chi connectivity index (χ0v) is 17.7. The number of rotatable bonds is 6. The summed E-state index contributed by atoms with van der Waals surface area (Å²) in [5.74, 6) is -2.22. The van der Waals surface area contributed by atoms with Gasteiger partial charge in [0.15, 0.2) is 5.69 Å². The number of benzene rings is 1. The first-order valence-electron chi connectivity index (χ1n) is 10.4. The Labute approximate surface area is 182 Å². The Morgan fingerprint density at radius 1 is 1.25 bits per heavy atom. The molecular formula is C21H26F3N5O3. The monoisotopic (exact) mass is 453 g/mol. The molecule has 1 aliphatic heterocycles. The number of H-pyrrole nitrogens is 1. The van der Waals surface area contributed by atoms with E-state index in [1.165, 1.54) is 4.90 Å². The van der Waals surface area contributed by atoms with Crippen molar-refractivity contribution < 1.29 is 18.0 Å². The molecule has 174 valence electrons. The average molecular weight is 453 g/mol. The molecule has 3 N–H and O–H groups in total. The summed E-state index contributed by atoms with van der Waals surface area (Å²) >= 11 is 0. The molecule has 1 atom stereocenters. The second kappa shape index (κ2) is 9.60. The van der Waals surface area contributed by atoms with Gasteiger partial charge in [0.25, 0.3) is 5.56 Å². The number of likely N-dealkylation sites (tertiary alicyclic amines) is 1. The lowest BCUT2D eigenvalue weighted by Crippen LogP contribution is -2.48. The summed E-state index contributed by atoms with van der Waals surface area (Å²) in [6, 6.07) is 8.96. The van der Waals surface area contributed by atoms with Crippen molar-refractivity contribution in [1.29, 1.82) is 0 Å². The van der Waals surface area contributed by atoms with Crippen LogP contribution in [0.2, 0.25) is 0 Å². The zero-order valence-electron chi connectivity index (χ0n) is 17.7. The quantitative estimate of drug-likeness (QED) is 0.694. The minimum Gasteiger partial charge on any atom is -0.383 e. The van der Waals surface area contributed by atoms with Gasteiger partial charge in [0, 0.05) is 13.1 Å². The lowest BCUT2D eigenvalue weighted by atomic mass is 9.97. The van der Waals surface area contributed by atoms with Crippen LogP contribution in [-0.4, -0.2) is 52.7 Å². The van der Waals surface area contributed by atoms with Crippen molar-refractivity contribution in [1.82, 2.24) is 14.5 Å². The maximum absolute atomic E-state index is 13.1. The van der Waals surface area contributed by atoms with Crippen molar-refractivity contribution >= 4 is 17.4 Å². The molecule has 0 saturated carbocycles. The highest BCUT2D eigenvalue weighted by molar-refractivity contribution is 5.96. The number of amides is 1. The highest BCUT2D eigenvalue weighted by Crippen LogP contribution is 2.33. The molecule has 8 nitrogen and oxygen atoms in total. The molecule has 1 amide bonds. The molecule has 1 aliphatic rings. The SMILES string of the molecule is CCN(C(=O)CN1CCCC(C(F)(F)F)C1)c1c(N)n(Cc2ccccc2)c(=O)[nH]c1=O. The number of piperidine rings is 1. The topological polar surface area (TPSA) is 104 Å². The fourth-order valence-corrected chi connectivity index (χ4v) is 3.96. The summed E-state index contributed by atoms with van der Waals surface area (Å²) in [4.78, 5) is 42.6. The molecule has 0 radical (unpaired) electrons. The second-order valence-corrected chi connectivity index (χ2v) is 7.82. The summed E-state index contributed by atoms with van der Waals surface area (Å²) in [5.41, 5.74) is 5.19. The van der Waals surface area contributed by atoms with Crippen molar-refractivity contribution in [3.05, 3.63) is 56.7 Å². The molecule has 0 aliphatic carbocycles. The Bertz CT molecular complexity index is 1070. The molecular weight excluding hydrogens is 427 g/mol. The number of nitrogen functional groups attached to an aromatic ring is 1. The van der Waals surface area contributed by atoms with Gasteiger partial charge in [0.1, 0.15) is 5.82 Å². The number of nitrogens with zero attached hydrogens (tertiary/aromatic N) is 3. The number of hydrogen-bond donors (Lipinski definition) is 2. The minimum atomic E-state index is -4.32. The van der Waals surface area contributed by atoms with Crippen LogP contribution >= 0.6 is 0 Å². The fourth-order valence-electron chi connectivity index (χ4n) is 3.96. The molecule has 2 aromatic rings. The fraction of sp³-hybridized carbons (Fsp3) is 0.476. The molecule has 1 fully saturated rings. The summed E-state index contributed by atoms with van der Waals surface area (Å²) in [6.45, 7) is 1.57. The Balaban J connectivity index is 1.86. The van der Waals surface area contributed by atoms with E-state index in [1.807, 2.05) is 6.07 Å². The van der Waals surface area contributed by atoms with Gasteiger partial charge in [-0.25, -0.2) is 4.79 Å². The van der Waals surface area contributed by atoms with Crippen molar-refractivity contribution in [2.24, 2.45) is 5.92 Å². The van der Waals surface area contributed by atoms with E-state index < -0.39 is 29.3 Å². The molecule has 1 aromatic carbocycles. The van der Waals surface area contributed by atoms with Crippen LogP contribution in [0.5, 0.6) is 0 Å². The third-order valence-electron chi connectivity index (χ3n) is 5.61. The molecule has 0 bridgehead atoms. The number of halogens is 3. The smallest absolute Gasteiger partial charge is 0.383 e. The number of aromatic amines is 1. The first-order chi connectivity index (χ1) is 15.1. The van der Waals surface area contributed by atoms with Gasteiger partial charge in [-0.05, 0) is 31.9 Å². The lowest BCUT2D eigenvalue weighted by Gasteiger charge is -2.34. The van der Waals surface area contributed by atoms with E-state index in [4.69, 9.17) is 5.73 Å². The Morgan fingerprint density at radius 2 is 1.94 bits per heavy atom. The van der Waals surface area contributed by atoms with Crippen molar-refractivity contribution in [2.75, 3.05) is 36.8 Å². The maximum Gasteiger partial charge on any atom is 0.393 e. The highest BCUT2D eigenvalue weighted by atomic mass is 19.4. The van der Waals surface area contributed by atoms with Crippen LogP contribution in [0.15, 0.2) is 39.9 Å². The van der Waals surface area contributed by atoms with Gasteiger partial charge in [-0.15, -0.1) is 0 Å². The number of carbonyl (C=O) groups is 1. The van der Waals surface area contributed by atoms with Gasteiger partial charge in [-0.1, -0.05) is 30.3 Å². The third-order valence-corrected chi connectivity index (χ3v) is 5.61. The van der Waals surface area contributed by atoms with E-state index in [-0.39, 0.29) is 44.1 Å². The number of alkyl halides is 3. The first kappa shape index (κ1) is 23.6. The van der Waals surface area contributed by atoms with Crippen LogP contribution in [0.25, 0.3) is 0 Å². The molecule has 32 heavy (non-hydrogen) atoms. The van der Waals surface area contributed by atoms with Gasteiger partial charge in [-0.2, -0.15) is 13.2 Å². The number of aromatic nitrogens is 2. The Hall–Kier alpha value is -3.08. The minimum absolute atomic E-state index is 0.0305. The van der Waals surface area contributed by atoms with Crippen molar-refractivity contribution in [3.8, 4) is 0 Å². The summed E-state index contributed by atoms with van der Waals surface area (Å²) in [7, 11) is 0. The molecule has 1 unspecified atom stereocenters. The van der Waals surface area contributed by atoms with Gasteiger partial charge >= 0.3 is 11.9 Å². The Kier molecular flexibility index (Phi) is 7.07. The van der Waals surface area contributed by atoms with E-state index in [0.29, 0.717) is 13.0 Å². The van der Waals surface area contributed by atoms with Crippen LogP contribution in [0.3, 0.4) is 0 Å². The van der Waals surface area contributed by atoms with Crippen LogP contribution < -0.4 is 21.9 Å². The Morgan fingerprint density at radius 3 is 2.56 bits per heavy atom. The van der Waals surface area contributed by atoms with Gasteiger partial charge < -0.3 is 10.6 Å². The van der Waals surface area contributed by atoms with E-state index in [1.54, 1.807) is 31.2 Å². The summed E-state index contributed by atoms with van der Waals surface area (Å²) in [5, 5.41) is 0. The van der Waals surface area contributed by atoms with Crippen LogP contribution in [0.1, 0.15) is 25.3 Å². The van der Waals surface area contributed by atoms with Crippen molar-refractivity contribution in [2.45, 2.75) is 32.5 Å². The molecule has 11 heteroatoms. The van der Waals surface area contributed by atoms with E-state index in [2.05, 4.69) is 4.98 Å². The van der Waals surface area contributed by atoms with Crippen LogP contribution in [0.4, 0.5) is 24.7 Å². The number of anilines is 2. The predicted molar refractivity (Wildman–Crippen MR) is 115 cm³/mol. The predicted octanol–water partition coefficient (Wildman–Crippen LogP) is 1.79. The number of carbonyl (C=O) groups excluding carboxylic acids is 1. The van der Waals surface area contributed by atoms with Gasteiger partial charge in [0.05, 0.1) is 19.0 Å². The van der Waals surface area contributed by atoms with E-state index in [0.717, 1.165) is 15.0 Å². The van der Waals surface area contributed by atoms with Crippen LogP contribution in [-0.2, 0) is 11.3 Å². The first-order valence-corrected chi connectivity index (χ1v) is 10.4. The lowest BCUT2D eigenvalue weighted by molar-refractivity contribution is -0.187. The molecule has 3 rings (SSSR count). The highest BCUT2D eigenvalue weighted by Gasteiger charge is 2.42. The average Bonchev–Trinajstić information content (AvgIpc) is 2.74. The molecule has 2 heterocycles. The molecule has 1 aromatic heterocycles. The number of hydrogen-bond acceptors (Lipinski definition) is 5. The third kappa shape index (κ3) is 5.21. The maximum atomic E-state index is 13.1. The zero-order chi connectivity index (χ0) is 23.5. The van der Waals surface area contributed by atoms with Crippen LogP contribution in [0, 0.1) is 5.92 Å². The van der Waals surface area contributed by atoms with Crippen molar-refractivity contribution in [3.63, 3.8) is 0 Å². The standard InChI is InChI=1S/C21H26F3N5O3/c1-2-28(16(30)13-27-10-6-9-15(12-27)21(22,23)24)17-18(25)29(20(32)26-19(17)31)11-14-7-4-3-5-8-14/h3-5,7-8,15H,2,6,9-13,25H2,1H3,(H,26,31,32).